The van der Waals surface area contributed by atoms with Crippen LogP contribution in [0.4, 0.5) is 9.59 Å². The number of ether oxygens (including phenoxy) is 1. The summed E-state index contributed by atoms with van der Waals surface area (Å²) in [6.07, 6.45) is 6.77. The first-order valence-electron chi connectivity index (χ1n) is 7.10. The third-order valence-corrected chi connectivity index (χ3v) is 3.23. The van der Waals surface area contributed by atoms with Gasteiger partial charge in [0.25, 0.3) is 0 Å². The summed E-state index contributed by atoms with van der Waals surface area (Å²) in [7, 11) is 0. The van der Waals surface area contributed by atoms with Gasteiger partial charge in [-0.15, -0.1) is 0 Å². The Morgan fingerprint density at radius 3 is 2.26 bits per heavy atom. The van der Waals surface area contributed by atoms with Crippen molar-refractivity contribution in [1.29, 1.82) is 0 Å². The Balaban J connectivity index is 1.90. The van der Waals surface area contributed by atoms with Crippen LogP contribution in [0.15, 0.2) is 0 Å². The van der Waals surface area contributed by atoms with Crippen LogP contribution in [0.2, 0.25) is 0 Å². The van der Waals surface area contributed by atoms with Crippen LogP contribution in [-0.4, -0.2) is 36.5 Å². The Labute approximate surface area is 113 Å². The lowest BCUT2D eigenvalue weighted by Gasteiger charge is -2.21. The zero-order chi connectivity index (χ0) is 13.9. The topological polar surface area (TPSA) is 87.7 Å². The van der Waals surface area contributed by atoms with Crippen molar-refractivity contribution in [3.05, 3.63) is 0 Å². The molecule has 6 nitrogen and oxygen atoms in total. The van der Waals surface area contributed by atoms with Crippen molar-refractivity contribution in [3.63, 3.8) is 0 Å². The molecule has 0 unspecified atom stereocenters. The number of hydrogen-bond donors (Lipinski definition) is 3. The van der Waals surface area contributed by atoms with E-state index >= 15 is 0 Å². The van der Waals surface area contributed by atoms with E-state index in [1.807, 2.05) is 0 Å². The minimum atomic E-state index is -0.991. The zero-order valence-electron chi connectivity index (χ0n) is 11.3. The number of unbranched alkanes of at least 4 members (excludes halogenated alkanes) is 2. The van der Waals surface area contributed by atoms with Gasteiger partial charge in [0, 0.05) is 13.1 Å². The van der Waals surface area contributed by atoms with Crippen molar-refractivity contribution in [2.24, 2.45) is 0 Å². The highest BCUT2D eigenvalue weighted by atomic mass is 16.6. The average Bonchev–Trinajstić information content (AvgIpc) is 2.38. The Hall–Kier alpha value is -1.46. The molecule has 0 radical (unpaired) electrons. The van der Waals surface area contributed by atoms with E-state index in [2.05, 4.69) is 10.6 Å². The first-order valence-corrected chi connectivity index (χ1v) is 7.10. The first kappa shape index (κ1) is 15.6. The third kappa shape index (κ3) is 8.29. The lowest BCUT2D eigenvalue weighted by atomic mass is 9.98. The highest BCUT2D eigenvalue weighted by Crippen LogP contribution is 2.20. The first-order chi connectivity index (χ1) is 9.18. The van der Waals surface area contributed by atoms with Crippen LogP contribution >= 0.6 is 0 Å². The molecule has 110 valence electrons. The quantitative estimate of drug-likeness (QED) is 0.621. The molecule has 0 spiro atoms. The van der Waals surface area contributed by atoms with Gasteiger partial charge >= 0.3 is 12.2 Å². The van der Waals surface area contributed by atoms with E-state index in [0.29, 0.717) is 13.1 Å². The Morgan fingerprint density at radius 1 is 1.00 bits per heavy atom. The van der Waals surface area contributed by atoms with Crippen LogP contribution in [0, 0.1) is 0 Å². The van der Waals surface area contributed by atoms with Gasteiger partial charge < -0.3 is 20.5 Å². The predicted octanol–water partition coefficient (Wildman–Crippen LogP) is 2.48. The summed E-state index contributed by atoms with van der Waals surface area (Å²) in [4.78, 5) is 21.6. The number of carbonyl (C=O) groups is 2. The van der Waals surface area contributed by atoms with E-state index in [9.17, 15) is 9.59 Å². The molecule has 0 saturated heterocycles. The molecule has 1 fully saturated rings. The number of nitrogens with one attached hydrogen (secondary N) is 2. The third-order valence-electron chi connectivity index (χ3n) is 3.23. The van der Waals surface area contributed by atoms with Crippen molar-refractivity contribution in [3.8, 4) is 0 Å². The zero-order valence-corrected chi connectivity index (χ0v) is 11.3. The second-order valence-electron chi connectivity index (χ2n) is 4.88. The maximum Gasteiger partial charge on any atom is 0.407 e. The predicted molar refractivity (Wildman–Crippen MR) is 71.2 cm³/mol. The fourth-order valence-corrected chi connectivity index (χ4v) is 2.19. The Kier molecular flexibility index (Phi) is 7.77. The molecule has 0 bridgehead atoms. The highest BCUT2D eigenvalue weighted by Gasteiger charge is 2.16. The van der Waals surface area contributed by atoms with Crippen molar-refractivity contribution in [2.75, 3.05) is 13.1 Å². The summed E-state index contributed by atoms with van der Waals surface area (Å²) in [6.45, 7) is 1.04. The van der Waals surface area contributed by atoms with Gasteiger partial charge in [-0.3, -0.25) is 0 Å². The summed E-state index contributed by atoms with van der Waals surface area (Å²) in [5.74, 6) is 0. The van der Waals surface area contributed by atoms with E-state index in [1.54, 1.807) is 0 Å². The molecule has 1 rings (SSSR count). The molecule has 1 aliphatic rings. The van der Waals surface area contributed by atoms with Gasteiger partial charge in [-0.1, -0.05) is 6.42 Å². The van der Waals surface area contributed by atoms with E-state index in [-0.39, 0.29) is 12.2 Å². The van der Waals surface area contributed by atoms with Crippen LogP contribution in [0.1, 0.15) is 51.4 Å². The molecule has 2 amide bonds. The molecule has 1 saturated carbocycles. The number of carbonyl (C=O) groups excluding carboxylic acids is 1. The second kappa shape index (κ2) is 9.47. The van der Waals surface area contributed by atoms with Gasteiger partial charge in [-0.25, -0.2) is 9.59 Å². The fourth-order valence-electron chi connectivity index (χ4n) is 2.19. The summed E-state index contributed by atoms with van der Waals surface area (Å²) >= 11 is 0. The van der Waals surface area contributed by atoms with Crippen molar-refractivity contribution >= 4 is 12.2 Å². The van der Waals surface area contributed by atoms with Crippen molar-refractivity contribution in [1.82, 2.24) is 10.6 Å². The number of alkyl carbamates (subject to hydrolysis) is 1. The molecule has 1 aliphatic carbocycles. The molecule has 0 atom stereocenters. The maximum atomic E-state index is 11.5. The van der Waals surface area contributed by atoms with Gasteiger partial charge in [0.2, 0.25) is 0 Å². The van der Waals surface area contributed by atoms with Crippen LogP contribution in [-0.2, 0) is 4.74 Å². The second-order valence-corrected chi connectivity index (χ2v) is 4.88. The van der Waals surface area contributed by atoms with Crippen LogP contribution in [0.5, 0.6) is 0 Å². The summed E-state index contributed by atoms with van der Waals surface area (Å²) < 4.78 is 5.31. The monoisotopic (exact) mass is 272 g/mol. The molecular formula is C13H24N2O4. The molecule has 0 aliphatic heterocycles. The fraction of sp³-hybridized carbons (Fsp3) is 0.846. The number of rotatable bonds is 7. The van der Waals surface area contributed by atoms with Gasteiger partial charge in [0.05, 0.1) is 0 Å². The van der Waals surface area contributed by atoms with Gasteiger partial charge in [0.1, 0.15) is 6.10 Å². The van der Waals surface area contributed by atoms with Crippen molar-refractivity contribution in [2.45, 2.75) is 57.5 Å². The number of amides is 2. The molecular weight excluding hydrogens is 248 g/mol. The normalized spacial score (nSPS) is 15.8. The van der Waals surface area contributed by atoms with E-state index < -0.39 is 6.09 Å². The van der Waals surface area contributed by atoms with E-state index in [1.165, 1.54) is 6.42 Å². The minimum Gasteiger partial charge on any atom is -0.465 e. The summed E-state index contributed by atoms with van der Waals surface area (Å²) in [6, 6.07) is 0. The minimum absolute atomic E-state index is 0.0912. The average molecular weight is 272 g/mol. The maximum absolute atomic E-state index is 11.5. The van der Waals surface area contributed by atoms with E-state index in [4.69, 9.17) is 9.84 Å². The standard InChI is InChI=1S/C13H24N2O4/c16-12(17)14-9-5-2-6-10-15-13(18)19-11-7-3-1-4-8-11/h11,14H,1-10H2,(H,15,18)(H,16,17). The van der Waals surface area contributed by atoms with E-state index in [0.717, 1.165) is 44.9 Å². The largest absolute Gasteiger partial charge is 0.465 e. The number of hydrogen-bond acceptors (Lipinski definition) is 3. The molecule has 0 aromatic heterocycles. The van der Waals surface area contributed by atoms with Crippen LogP contribution in [0.25, 0.3) is 0 Å². The lowest BCUT2D eigenvalue weighted by molar-refractivity contribution is 0.0753. The smallest absolute Gasteiger partial charge is 0.407 e. The lowest BCUT2D eigenvalue weighted by Crippen LogP contribution is -2.30. The molecule has 0 aromatic carbocycles. The summed E-state index contributed by atoms with van der Waals surface area (Å²) in [5.41, 5.74) is 0. The van der Waals surface area contributed by atoms with Gasteiger partial charge in [0.15, 0.2) is 0 Å². The van der Waals surface area contributed by atoms with Gasteiger partial charge in [-0.05, 0) is 44.9 Å². The highest BCUT2D eigenvalue weighted by molar-refractivity contribution is 5.67. The molecule has 19 heavy (non-hydrogen) atoms. The molecule has 6 heteroatoms. The Morgan fingerprint density at radius 2 is 1.63 bits per heavy atom. The number of carboxylic acid groups (broad SMARTS) is 1. The SMILES string of the molecule is O=C(O)NCCCCCNC(=O)OC1CCCCC1. The summed E-state index contributed by atoms with van der Waals surface area (Å²) in [5, 5.41) is 13.4. The van der Waals surface area contributed by atoms with Crippen molar-refractivity contribution < 1.29 is 19.4 Å². The Bertz CT molecular complexity index is 278. The molecule has 0 aromatic rings. The molecule has 3 N–H and O–H groups in total. The van der Waals surface area contributed by atoms with Crippen LogP contribution in [0.3, 0.4) is 0 Å². The molecule has 0 heterocycles. The van der Waals surface area contributed by atoms with Gasteiger partial charge in [-0.2, -0.15) is 0 Å². The van der Waals surface area contributed by atoms with Crippen LogP contribution < -0.4 is 10.6 Å².